The van der Waals surface area contributed by atoms with Crippen LogP contribution in [0.4, 0.5) is 5.69 Å². The summed E-state index contributed by atoms with van der Waals surface area (Å²) in [5, 5.41) is 0.434. The monoisotopic (exact) mass is 408 g/mol. The quantitative estimate of drug-likeness (QED) is 0.815. The molecule has 146 valence electrons. The second kappa shape index (κ2) is 7.70. The van der Waals surface area contributed by atoms with Gasteiger partial charge in [0.1, 0.15) is 5.75 Å². The van der Waals surface area contributed by atoms with Crippen LogP contribution in [0, 0.1) is 6.92 Å². The van der Waals surface area contributed by atoms with E-state index in [1.165, 1.54) is 6.07 Å². The van der Waals surface area contributed by atoms with E-state index in [2.05, 4.69) is 23.7 Å². The summed E-state index contributed by atoms with van der Waals surface area (Å²) in [6, 6.07) is 8.79. The molecule has 7 heteroatoms. The van der Waals surface area contributed by atoms with E-state index in [0.717, 1.165) is 41.7 Å². The molecule has 27 heavy (non-hydrogen) atoms. The third-order valence-corrected chi connectivity index (χ3v) is 6.97. The number of nitrogens with zero attached hydrogens (tertiary/aromatic N) is 1. The van der Waals surface area contributed by atoms with E-state index in [1.807, 2.05) is 13.0 Å². The SMILES string of the molecule is COc1ccc(NS(=O)(=O)c2ccc(C)c(Cl)c2)c2c1CC(N(C)C)CC2. The first kappa shape index (κ1) is 20.0. The van der Waals surface area contributed by atoms with E-state index in [1.54, 1.807) is 25.3 Å². The highest BCUT2D eigenvalue weighted by atomic mass is 35.5. The Balaban J connectivity index is 1.98. The maximum Gasteiger partial charge on any atom is 0.261 e. The minimum atomic E-state index is -3.72. The predicted octanol–water partition coefficient (Wildman–Crippen LogP) is 3.88. The van der Waals surface area contributed by atoms with Gasteiger partial charge in [-0.15, -0.1) is 0 Å². The number of rotatable bonds is 5. The summed E-state index contributed by atoms with van der Waals surface area (Å²) >= 11 is 6.11. The predicted molar refractivity (Wildman–Crippen MR) is 109 cm³/mol. The molecule has 0 bridgehead atoms. The van der Waals surface area contributed by atoms with Gasteiger partial charge in [-0.2, -0.15) is 0 Å². The number of sulfonamides is 1. The van der Waals surface area contributed by atoms with Gasteiger partial charge in [-0.3, -0.25) is 4.72 Å². The van der Waals surface area contributed by atoms with Crippen LogP contribution in [0.25, 0.3) is 0 Å². The van der Waals surface area contributed by atoms with Gasteiger partial charge in [0.15, 0.2) is 0 Å². The van der Waals surface area contributed by atoms with Crippen molar-refractivity contribution in [1.82, 2.24) is 4.90 Å². The fourth-order valence-electron chi connectivity index (χ4n) is 3.50. The standard InChI is InChI=1S/C20H25ClN2O3S/c1-13-5-7-15(12-18(13)21)27(24,25)22-19-9-10-20(26-4)17-11-14(23(2)3)6-8-16(17)19/h5,7,9-10,12,14,22H,6,8,11H2,1-4H3. The minimum absolute atomic E-state index is 0.157. The van der Waals surface area contributed by atoms with Gasteiger partial charge in [-0.1, -0.05) is 17.7 Å². The molecule has 1 N–H and O–H groups in total. The van der Waals surface area contributed by atoms with Crippen molar-refractivity contribution >= 4 is 27.3 Å². The number of halogens is 1. The van der Waals surface area contributed by atoms with E-state index in [0.29, 0.717) is 16.8 Å². The van der Waals surface area contributed by atoms with E-state index in [9.17, 15) is 8.42 Å². The largest absolute Gasteiger partial charge is 0.496 e. The molecular formula is C20H25ClN2O3S. The molecule has 1 unspecified atom stereocenters. The zero-order valence-electron chi connectivity index (χ0n) is 16.0. The normalized spacial score (nSPS) is 16.9. The van der Waals surface area contributed by atoms with E-state index in [-0.39, 0.29) is 4.90 Å². The van der Waals surface area contributed by atoms with Crippen molar-refractivity contribution < 1.29 is 13.2 Å². The van der Waals surface area contributed by atoms with Crippen molar-refractivity contribution in [3.63, 3.8) is 0 Å². The Morgan fingerprint density at radius 2 is 1.93 bits per heavy atom. The fraction of sp³-hybridized carbons (Fsp3) is 0.400. The topological polar surface area (TPSA) is 58.6 Å². The van der Waals surface area contributed by atoms with Crippen molar-refractivity contribution in [2.75, 3.05) is 25.9 Å². The number of hydrogen-bond donors (Lipinski definition) is 1. The van der Waals surface area contributed by atoms with Crippen molar-refractivity contribution in [3.8, 4) is 5.75 Å². The van der Waals surface area contributed by atoms with Crippen LogP contribution in [0.15, 0.2) is 35.2 Å². The number of benzene rings is 2. The minimum Gasteiger partial charge on any atom is -0.496 e. The van der Waals surface area contributed by atoms with Crippen LogP contribution >= 0.6 is 11.6 Å². The maximum atomic E-state index is 12.9. The van der Waals surface area contributed by atoms with Gasteiger partial charge in [0.2, 0.25) is 0 Å². The first-order valence-corrected chi connectivity index (χ1v) is 10.7. The lowest BCUT2D eigenvalue weighted by molar-refractivity contribution is 0.265. The summed E-state index contributed by atoms with van der Waals surface area (Å²) < 4.78 is 34.0. The van der Waals surface area contributed by atoms with Crippen molar-refractivity contribution in [2.45, 2.75) is 37.1 Å². The lowest BCUT2D eigenvalue weighted by Gasteiger charge is -2.32. The lowest BCUT2D eigenvalue weighted by Crippen LogP contribution is -2.34. The van der Waals surface area contributed by atoms with Gasteiger partial charge in [-0.25, -0.2) is 8.42 Å². The second-order valence-electron chi connectivity index (χ2n) is 7.15. The Kier molecular flexibility index (Phi) is 5.70. The molecule has 3 rings (SSSR count). The van der Waals surface area contributed by atoms with E-state index in [4.69, 9.17) is 16.3 Å². The Labute approximate surface area is 166 Å². The Morgan fingerprint density at radius 1 is 1.19 bits per heavy atom. The van der Waals surface area contributed by atoms with Crippen molar-refractivity contribution in [3.05, 3.63) is 52.0 Å². The highest BCUT2D eigenvalue weighted by Gasteiger charge is 2.27. The number of ether oxygens (including phenoxy) is 1. The number of fused-ring (bicyclic) bond motifs is 1. The van der Waals surface area contributed by atoms with Gasteiger partial charge < -0.3 is 9.64 Å². The Hall–Kier alpha value is -1.76. The van der Waals surface area contributed by atoms with Crippen LogP contribution in [-0.2, 0) is 22.9 Å². The van der Waals surface area contributed by atoms with E-state index >= 15 is 0 Å². The molecule has 0 spiro atoms. The molecule has 0 fully saturated rings. The molecule has 1 atom stereocenters. The van der Waals surface area contributed by atoms with Crippen LogP contribution in [0.3, 0.4) is 0 Å². The zero-order valence-corrected chi connectivity index (χ0v) is 17.6. The van der Waals surface area contributed by atoms with Crippen molar-refractivity contribution in [1.29, 1.82) is 0 Å². The van der Waals surface area contributed by atoms with Crippen LogP contribution in [-0.4, -0.2) is 40.6 Å². The summed E-state index contributed by atoms with van der Waals surface area (Å²) in [6.07, 6.45) is 2.59. The molecule has 1 aliphatic carbocycles. The smallest absolute Gasteiger partial charge is 0.261 e. The molecule has 0 heterocycles. The van der Waals surface area contributed by atoms with Crippen LogP contribution in [0.1, 0.15) is 23.1 Å². The third-order valence-electron chi connectivity index (χ3n) is 5.20. The summed E-state index contributed by atoms with van der Waals surface area (Å²) in [7, 11) is 2.06. The van der Waals surface area contributed by atoms with Gasteiger partial charge >= 0.3 is 0 Å². The van der Waals surface area contributed by atoms with Gasteiger partial charge in [-0.05, 0) is 75.7 Å². The molecular weight excluding hydrogens is 384 g/mol. The fourth-order valence-corrected chi connectivity index (χ4v) is 4.87. The van der Waals surface area contributed by atoms with Gasteiger partial charge in [0.25, 0.3) is 10.0 Å². The van der Waals surface area contributed by atoms with E-state index < -0.39 is 10.0 Å². The highest BCUT2D eigenvalue weighted by Crippen LogP contribution is 2.36. The summed E-state index contributed by atoms with van der Waals surface area (Å²) in [5.74, 6) is 0.804. The van der Waals surface area contributed by atoms with Crippen molar-refractivity contribution in [2.24, 2.45) is 0 Å². The Bertz CT molecular complexity index is 958. The number of aryl methyl sites for hydroxylation is 1. The molecule has 0 aliphatic heterocycles. The highest BCUT2D eigenvalue weighted by molar-refractivity contribution is 7.92. The summed E-state index contributed by atoms with van der Waals surface area (Å²) in [6.45, 7) is 1.84. The third kappa shape index (κ3) is 4.08. The lowest BCUT2D eigenvalue weighted by atomic mass is 9.86. The molecule has 1 aliphatic rings. The number of methoxy groups -OCH3 is 1. The number of likely N-dealkylation sites (N-methyl/N-ethyl adjacent to an activating group) is 1. The molecule has 0 amide bonds. The van der Waals surface area contributed by atoms with Crippen LogP contribution < -0.4 is 9.46 Å². The number of hydrogen-bond acceptors (Lipinski definition) is 4. The van der Waals surface area contributed by atoms with Crippen LogP contribution in [0.5, 0.6) is 5.75 Å². The second-order valence-corrected chi connectivity index (χ2v) is 9.24. The molecule has 0 radical (unpaired) electrons. The summed E-state index contributed by atoms with van der Waals surface area (Å²) in [4.78, 5) is 2.36. The molecule has 2 aromatic rings. The maximum absolute atomic E-state index is 12.9. The molecule has 5 nitrogen and oxygen atoms in total. The molecule has 2 aromatic carbocycles. The van der Waals surface area contributed by atoms with Gasteiger partial charge in [0, 0.05) is 16.6 Å². The Morgan fingerprint density at radius 3 is 2.56 bits per heavy atom. The molecule has 0 saturated heterocycles. The first-order valence-electron chi connectivity index (χ1n) is 8.87. The van der Waals surface area contributed by atoms with Gasteiger partial charge in [0.05, 0.1) is 17.7 Å². The summed E-state index contributed by atoms with van der Waals surface area (Å²) in [5.41, 5.74) is 3.53. The average molecular weight is 409 g/mol. The number of nitrogens with one attached hydrogen (secondary N) is 1. The molecule has 0 saturated carbocycles. The number of anilines is 1. The van der Waals surface area contributed by atoms with Crippen LogP contribution in [0.2, 0.25) is 5.02 Å². The molecule has 0 aromatic heterocycles. The zero-order chi connectivity index (χ0) is 19.8. The average Bonchev–Trinajstić information content (AvgIpc) is 2.63. The first-order chi connectivity index (χ1) is 12.7.